The van der Waals surface area contributed by atoms with Crippen LogP contribution in [0.1, 0.15) is 18.9 Å². The Bertz CT molecular complexity index is 528. The summed E-state index contributed by atoms with van der Waals surface area (Å²) in [4.78, 5) is 11.8. The average Bonchev–Trinajstić information content (AvgIpc) is 2.78. The molecule has 108 valence electrons. The first-order valence-corrected chi connectivity index (χ1v) is 8.07. The number of phenols is 2. The predicted molar refractivity (Wildman–Crippen MR) is 83.4 cm³/mol. The number of benzene rings is 1. The molecule has 0 saturated carbocycles. The smallest absolute Gasteiger partial charge is 0.242 e. The number of hydrogen-bond donors (Lipinski definition) is 3. The van der Waals surface area contributed by atoms with Crippen LogP contribution < -0.4 is 5.43 Å². The van der Waals surface area contributed by atoms with Crippen molar-refractivity contribution in [1.29, 1.82) is 0 Å². The van der Waals surface area contributed by atoms with E-state index in [0.717, 1.165) is 11.5 Å². The number of nitrogens with zero attached hydrogens (tertiary/aromatic N) is 1. The number of rotatable bonds is 4. The highest BCUT2D eigenvalue weighted by Crippen LogP contribution is 2.45. The van der Waals surface area contributed by atoms with Crippen molar-refractivity contribution in [2.75, 3.05) is 11.5 Å². The third-order valence-electron chi connectivity index (χ3n) is 2.79. The molecule has 1 fully saturated rings. The van der Waals surface area contributed by atoms with Crippen molar-refractivity contribution in [3.05, 3.63) is 23.8 Å². The molecule has 1 amide bonds. The lowest BCUT2D eigenvalue weighted by Gasteiger charge is -2.19. The second-order valence-electron chi connectivity index (χ2n) is 4.54. The van der Waals surface area contributed by atoms with E-state index in [1.54, 1.807) is 23.5 Å². The standard InChI is InChI=1S/C13H16N2O3S2/c1-13(19-4-5-20-13)7-12(18)15-14-8-9-2-3-10(16)6-11(9)17/h2-3,6,8,16-17H,4-5,7H2,1H3,(H,15,18)/b14-8-. The third-order valence-corrected chi connectivity index (χ3v) is 6.08. The Morgan fingerprint density at radius 2 is 2.15 bits per heavy atom. The van der Waals surface area contributed by atoms with Crippen molar-refractivity contribution < 1.29 is 15.0 Å². The summed E-state index contributed by atoms with van der Waals surface area (Å²) in [6.45, 7) is 2.06. The van der Waals surface area contributed by atoms with Gasteiger partial charge in [-0.15, -0.1) is 23.5 Å². The van der Waals surface area contributed by atoms with E-state index >= 15 is 0 Å². The van der Waals surface area contributed by atoms with Crippen LogP contribution in [0.25, 0.3) is 0 Å². The molecule has 20 heavy (non-hydrogen) atoms. The van der Waals surface area contributed by atoms with E-state index in [4.69, 9.17) is 5.11 Å². The minimum atomic E-state index is -0.149. The highest BCUT2D eigenvalue weighted by atomic mass is 32.2. The second-order valence-corrected chi connectivity index (χ2v) is 8.00. The van der Waals surface area contributed by atoms with Crippen LogP contribution in [-0.4, -0.2) is 37.9 Å². The van der Waals surface area contributed by atoms with Gasteiger partial charge in [-0.3, -0.25) is 4.79 Å². The molecule has 0 aliphatic carbocycles. The Morgan fingerprint density at radius 3 is 2.80 bits per heavy atom. The highest BCUT2D eigenvalue weighted by molar-refractivity contribution is 8.21. The van der Waals surface area contributed by atoms with Crippen molar-refractivity contribution in [2.45, 2.75) is 17.4 Å². The Balaban J connectivity index is 1.88. The lowest BCUT2D eigenvalue weighted by Crippen LogP contribution is -2.26. The maximum absolute atomic E-state index is 11.8. The summed E-state index contributed by atoms with van der Waals surface area (Å²) >= 11 is 3.58. The number of aromatic hydroxyl groups is 2. The molecule has 1 heterocycles. The fourth-order valence-electron chi connectivity index (χ4n) is 1.81. The zero-order chi connectivity index (χ0) is 14.6. The van der Waals surface area contributed by atoms with E-state index < -0.39 is 0 Å². The molecule has 1 aromatic carbocycles. The van der Waals surface area contributed by atoms with Crippen LogP contribution in [0.2, 0.25) is 0 Å². The summed E-state index contributed by atoms with van der Waals surface area (Å²) in [5.41, 5.74) is 2.88. The molecular formula is C13H16N2O3S2. The minimum absolute atomic E-state index is 0.0214. The third kappa shape index (κ3) is 4.08. The normalized spacial score (nSPS) is 17.4. The van der Waals surface area contributed by atoms with E-state index in [1.165, 1.54) is 24.4 Å². The van der Waals surface area contributed by atoms with Gasteiger partial charge in [0.25, 0.3) is 0 Å². The van der Waals surface area contributed by atoms with Gasteiger partial charge in [0.2, 0.25) is 5.91 Å². The van der Waals surface area contributed by atoms with Gasteiger partial charge in [0.1, 0.15) is 11.5 Å². The van der Waals surface area contributed by atoms with Gasteiger partial charge in [0, 0.05) is 23.1 Å². The number of nitrogens with one attached hydrogen (secondary N) is 1. The lowest BCUT2D eigenvalue weighted by molar-refractivity contribution is -0.121. The molecule has 2 rings (SSSR count). The summed E-state index contributed by atoms with van der Waals surface area (Å²) in [5.74, 6) is 1.88. The van der Waals surface area contributed by atoms with E-state index in [2.05, 4.69) is 17.5 Å². The van der Waals surface area contributed by atoms with Crippen molar-refractivity contribution >= 4 is 35.6 Å². The van der Waals surface area contributed by atoms with Crippen molar-refractivity contribution in [3.63, 3.8) is 0 Å². The van der Waals surface area contributed by atoms with Crippen molar-refractivity contribution in [1.82, 2.24) is 5.43 Å². The van der Waals surface area contributed by atoms with E-state index in [0.29, 0.717) is 12.0 Å². The average molecular weight is 312 g/mol. The molecule has 1 saturated heterocycles. The van der Waals surface area contributed by atoms with Gasteiger partial charge >= 0.3 is 0 Å². The van der Waals surface area contributed by atoms with Gasteiger partial charge in [-0.1, -0.05) is 0 Å². The van der Waals surface area contributed by atoms with Gasteiger partial charge in [-0.25, -0.2) is 5.43 Å². The quantitative estimate of drug-likeness (QED) is 0.586. The number of amides is 1. The van der Waals surface area contributed by atoms with Crippen LogP contribution in [0, 0.1) is 0 Å². The Hall–Kier alpha value is -1.34. The molecule has 1 aromatic rings. The molecule has 1 aliphatic heterocycles. The Morgan fingerprint density at radius 1 is 1.45 bits per heavy atom. The molecule has 3 N–H and O–H groups in total. The van der Waals surface area contributed by atoms with Gasteiger partial charge in [0.15, 0.2) is 0 Å². The van der Waals surface area contributed by atoms with E-state index in [-0.39, 0.29) is 21.5 Å². The van der Waals surface area contributed by atoms with Crippen LogP contribution in [0.5, 0.6) is 11.5 Å². The number of hydrazone groups is 1. The number of hydrogen-bond acceptors (Lipinski definition) is 6. The second kappa shape index (κ2) is 6.41. The molecule has 0 aromatic heterocycles. The molecule has 1 aliphatic rings. The summed E-state index contributed by atoms with van der Waals surface area (Å²) in [6.07, 6.45) is 1.76. The summed E-state index contributed by atoms with van der Waals surface area (Å²) in [7, 11) is 0. The van der Waals surface area contributed by atoms with E-state index in [9.17, 15) is 9.90 Å². The summed E-state index contributed by atoms with van der Waals surface area (Å²) in [5, 5.41) is 22.5. The number of carbonyl (C=O) groups excluding carboxylic acids is 1. The SMILES string of the molecule is CC1(CC(=O)N/N=C\c2ccc(O)cc2O)SCCS1. The molecule has 0 unspecified atom stereocenters. The maximum atomic E-state index is 11.8. The van der Waals surface area contributed by atoms with Gasteiger partial charge in [-0.05, 0) is 19.1 Å². The number of thioether (sulfide) groups is 2. The fraction of sp³-hybridized carbons (Fsp3) is 0.385. The Labute approximate surface area is 125 Å². The molecule has 0 atom stereocenters. The zero-order valence-electron chi connectivity index (χ0n) is 11.0. The monoisotopic (exact) mass is 312 g/mol. The highest BCUT2D eigenvalue weighted by Gasteiger charge is 2.32. The van der Waals surface area contributed by atoms with Crippen LogP contribution in [0.3, 0.4) is 0 Å². The first kappa shape index (κ1) is 15.1. The minimum Gasteiger partial charge on any atom is -0.508 e. The van der Waals surface area contributed by atoms with Crippen molar-refractivity contribution in [3.8, 4) is 11.5 Å². The number of phenolic OH excluding ortho intramolecular Hbond substituents is 2. The van der Waals surface area contributed by atoms with Crippen LogP contribution in [0.4, 0.5) is 0 Å². The molecule has 0 spiro atoms. The first-order valence-electron chi connectivity index (χ1n) is 6.10. The molecule has 0 bridgehead atoms. The summed E-state index contributed by atoms with van der Waals surface area (Å²) < 4.78 is -0.0692. The predicted octanol–water partition coefficient (Wildman–Crippen LogP) is 2.13. The van der Waals surface area contributed by atoms with Gasteiger partial charge < -0.3 is 10.2 Å². The maximum Gasteiger partial charge on any atom is 0.242 e. The molecule has 5 nitrogen and oxygen atoms in total. The fourth-order valence-corrected chi connectivity index (χ4v) is 4.63. The van der Waals surface area contributed by atoms with Gasteiger partial charge in [-0.2, -0.15) is 5.10 Å². The van der Waals surface area contributed by atoms with Crippen LogP contribution >= 0.6 is 23.5 Å². The zero-order valence-corrected chi connectivity index (χ0v) is 12.6. The lowest BCUT2D eigenvalue weighted by atomic mass is 10.2. The number of carbonyl (C=O) groups is 1. The van der Waals surface area contributed by atoms with Crippen molar-refractivity contribution in [2.24, 2.45) is 5.10 Å². The Kier molecular flexibility index (Phi) is 4.82. The largest absolute Gasteiger partial charge is 0.508 e. The molecule has 7 heteroatoms. The van der Waals surface area contributed by atoms with Gasteiger partial charge in [0.05, 0.1) is 16.7 Å². The summed E-state index contributed by atoms with van der Waals surface area (Å²) in [6, 6.07) is 4.18. The first-order chi connectivity index (χ1) is 9.48. The molecule has 0 radical (unpaired) electrons. The van der Waals surface area contributed by atoms with Crippen LogP contribution in [0.15, 0.2) is 23.3 Å². The van der Waals surface area contributed by atoms with E-state index in [1.807, 2.05) is 0 Å². The topological polar surface area (TPSA) is 81.9 Å². The van der Waals surface area contributed by atoms with Crippen LogP contribution in [-0.2, 0) is 4.79 Å². The molecular weight excluding hydrogens is 296 g/mol.